The molecule has 1 heterocycles. The third kappa shape index (κ3) is 7.86. The summed E-state index contributed by atoms with van der Waals surface area (Å²) >= 11 is 0. The van der Waals surface area contributed by atoms with Crippen molar-refractivity contribution in [3.05, 3.63) is 147 Å². The van der Waals surface area contributed by atoms with Crippen molar-refractivity contribution < 1.29 is 18.0 Å². The minimum Gasteiger partial charge on any atom is -0.361 e. The van der Waals surface area contributed by atoms with E-state index in [0.29, 0.717) is 41.1 Å². The summed E-state index contributed by atoms with van der Waals surface area (Å²) in [6.45, 7) is 6.30. The Morgan fingerprint density at radius 1 is 0.894 bits per heavy atom. The van der Waals surface area contributed by atoms with Crippen LogP contribution in [0.3, 0.4) is 0 Å². The molecule has 0 aromatic heterocycles. The maximum Gasteiger partial charge on any atom is 0.123 e. The molecule has 1 unspecified atom stereocenters. The quantitative estimate of drug-likeness (QED) is 0.147. The maximum absolute atomic E-state index is 14.0. The largest absolute Gasteiger partial charge is 0.361 e. The van der Waals surface area contributed by atoms with E-state index in [1.54, 1.807) is 12.1 Å². The van der Waals surface area contributed by atoms with Crippen LogP contribution in [-0.2, 0) is 23.5 Å². The number of benzene rings is 4. The molecular weight excluding hydrogens is 588 g/mol. The first-order valence-electron chi connectivity index (χ1n) is 16.3. The number of hydrogen-bond donors (Lipinski definition) is 0. The number of nitriles is 2. The van der Waals surface area contributed by atoms with Gasteiger partial charge in [0.15, 0.2) is 0 Å². The first-order valence-corrected chi connectivity index (χ1v) is 16.3. The zero-order valence-corrected chi connectivity index (χ0v) is 27.7. The lowest BCUT2D eigenvalue weighted by Crippen LogP contribution is -2.41. The lowest BCUT2D eigenvalue weighted by molar-refractivity contribution is -0.903. The van der Waals surface area contributed by atoms with E-state index in [1.165, 1.54) is 24.3 Å². The van der Waals surface area contributed by atoms with Crippen LogP contribution >= 0.6 is 0 Å². The highest BCUT2D eigenvalue weighted by molar-refractivity contribution is 5.81. The summed E-state index contributed by atoms with van der Waals surface area (Å²) in [5.74, 6) is -0.0153. The standard InChI is InChI=1S/C41H42F2N3O/c1-29(2)7-5-8-38(32-11-15-36(42)16-12-32)39-19-9-30(25-44)23-33(39)27-46(3,4)22-6-21-41(35-13-17-37(43)18-14-35)40-20-10-31(26-45)24-34(40)28-47-41/h8-20,23-24,29H,5-7,21-22,27-28H2,1-4H3/q+1/b38-8-. The number of allylic oxidation sites excluding steroid dienone is 1. The Hall–Kier alpha value is -4.62. The summed E-state index contributed by atoms with van der Waals surface area (Å²) in [5, 5.41) is 19.3. The number of rotatable bonds is 12. The monoisotopic (exact) mass is 630 g/mol. The van der Waals surface area contributed by atoms with Crippen molar-refractivity contribution in [3.63, 3.8) is 0 Å². The van der Waals surface area contributed by atoms with Crippen LogP contribution in [0.5, 0.6) is 0 Å². The fraction of sp³-hybridized carbons (Fsp3) is 0.317. The predicted molar refractivity (Wildman–Crippen MR) is 182 cm³/mol. The first-order chi connectivity index (χ1) is 22.5. The van der Waals surface area contributed by atoms with E-state index in [9.17, 15) is 19.3 Å². The van der Waals surface area contributed by atoms with E-state index < -0.39 is 5.60 Å². The van der Waals surface area contributed by atoms with Gasteiger partial charge in [0.25, 0.3) is 0 Å². The van der Waals surface area contributed by atoms with E-state index in [0.717, 1.165) is 64.8 Å². The van der Waals surface area contributed by atoms with Crippen molar-refractivity contribution in [1.82, 2.24) is 0 Å². The molecule has 0 bridgehead atoms. The highest BCUT2D eigenvalue weighted by atomic mass is 19.1. The summed E-state index contributed by atoms with van der Waals surface area (Å²) in [6.07, 6.45) is 5.67. The number of halogens is 2. The zero-order chi connectivity index (χ0) is 33.6. The molecule has 0 saturated heterocycles. The molecule has 5 rings (SSSR count). The van der Waals surface area contributed by atoms with E-state index in [1.807, 2.05) is 48.5 Å². The van der Waals surface area contributed by atoms with Crippen LogP contribution in [0, 0.1) is 40.2 Å². The smallest absolute Gasteiger partial charge is 0.123 e. The molecule has 6 heteroatoms. The second-order valence-electron chi connectivity index (χ2n) is 13.6. The zero-order valence-electron chi connectivity index (χ0n) is 27.7. The Morgan fingerprint density at radius 3 is 2.19 bits per heavy atom. The second kappa shape index (κ2) is 14.4. The SMILES string of the molecule is CC(C)CC/C=C(/c1ccc(F)cc1)c1ccc(C#N)cc1C[N+](C)(C)CCCC1(c2ccc(F)cc2)OCc2cc(C#N)ccc21. The van der Waals surface area contributed by atoms with E-state index >= 15 is 0 Å². The first kappa shape index (κ1) is 33.7. The molecule has 0 fully saturated rings. The van der Waals surface area contributed by atoms with Gasteiger partial charge in [-0.25, -0.2) is 8.78 Å². The third-order valence-corrected chi connectivity index (χ3v) is 9.12. The number of fused-ring (bicyclic) bond motifs is 1. The maximum atomic E-state index is 14.0. The summed E-state index contributed by atoms with van der Waals surface area (Å²) in [5.41, 5.74) is 7.47. The van der Waals surface area contributed by atoms with Crippen LogP contribution in [-0.4, -0.2) is 25.1 Å². The number of ether oxygens (including phenoxy) is 1. The Labute approximate surface area is 277 Å². The Kier molecular flexibility index (Phi) is 10.4. The molecule has 0 N–H and O–H groups in total. The van der Waals surface area contributed by atoms with E-state index in [-0.39, 0.29) is 11.6 Å². The van der Waals surface area contributed by atoms with Gasteiger partial charge in [0.2, 0.25) is 0 Å². The van der Waals surface area contributed by atoms with E-state index in [4.69, 9.17) is 4.74 Å². The van der Waals surface area contributed by atoms with Gasteiger partial charge in [-0.05, 0) is 114 Å². The molecule has 47 heavy (non-hydrogen) atoms. The van der Waals surface area contributed by atoms with Crippen LogP contribution in [0.4, 0.5) is 8.78 Å². The van der Waals surface area contributed by atoms with Crippen molar-refractivity contribution in [3.8, 4) is 12.1 Å². The van der Waals surface area contributed by atoms with Gasteiger partial charge in [-0.1, -0.05) is 56.3 Å². The molecule has 0 spiro atoms. The van der Waals surface area contributed by atoms with Crippen molar-refractivity contribution in [2.75, 3.05) is 20.6 Å². The van der Waals surface area contributed by atoms with Gasteiger partial charge in [0, 0.05) is 5.56 Å². The van der Waals surface area contributed by atoms with E-state index in [2.05, 4.69) is 46.2 Å². The third-order valence-electron chi connectivity index (χ3n) is 9.12. The van der Waals surface area contributed by atoms with Gasteiger partial charge in [0.1, 0.15) is 23.8 Å². The second-order valence-corrected chi connectivity index (χ2v) is 13.6. The van der Waals surface area contributed by atoms with Crippen LogP contribution < -0.4 is 0 Å². The van der Waals surface area contributed by atoms with Crippen molar-refractivity contribution >= 4 is 5.57 Å². The van der Waals surface area contributed by atoms with Gasteiger partial charge in [-0.3, -0.25) is 0 Å². The molecule has 240 valence electrons. The predicted octanol–water partition coefficient (Wildman–Crippen LogP) is 9.41. The molecule has 4 aromatic carbocycles. The molecule has 0 aliphatic carbocycles. The van der Waals surface area contributed by atoms with Gasteiger partial charge < -0.3 is 9.22 Å². The van der Waals surface area contributed by atoms with Crippen molar-refractivity contribution in [1.29, 1.82) is 10.5 Å². The normalized spacial score (nSPS) is 16.1. The lowest BCUT2D eigenvalue weighted by Gasteiger charge is -2.34. The Balaban J connectivity index is 1.43. The van der Waals surface area contributed by atoms with Crippen molar-refractivity contribution in [2.45, 2.75) is 58.3 Å². The van der Waals surface area contributed by atoms with Gasteiger partial charge in [-0.15, -0.1) is 0 Å². The molecule has 4 aromatic rings. The molecule has 0 amide bonds. The Bertz CT molecular complexity index is 1830. The Morgan fingerprint density at radius 2 is 1.53 bits per heavy atom. The van der Waals surface area contributed by atoms with Crippen LogP contribution in [0.15, 0.2) is 91.0 Å². The minimum atomic E-state index is -0.738. The topological polar surface area (TPSA) is 56.8 Å². The van der Waals surface area contributed by atoms with Crippen LogP contribution in [0.25, 0.3) is 5.57 Å². The van der Waals surface area contributed by atoms with Crippen LogP contribution in [0.2, 0.25) is 0 Å². The van der Waals surface area contributed by atoms with Crippen LogP contribution in [0.1, 0.15) is 84.0 Å². The molecule has 0 radical (unpaired) electrons. The molecular formula is C41H42F2N3O+. The average Bonchev–Trinajstić information content (AvgIpc) is 3.42. The molecule has 4 nitrogen and oxygen atoms in total. The molecule has 1 atom stereocenters. The molecule has 1 aliphatic heterocycles. The minimum absolute atomic E-state index is 0.272. The van der Waals surface area contributed by atoms with Gasteiger partial charge >= 0.3 is 0 Å². The fourth-order valence-electron chi connectivity index (χ4n) is 6.69. The molecule has 1 aliphatic rings. The number of quaternary nitrogens is 1. The summed E-state index contributed by atoms with van der Waals surface area (Å²) < 4.78 is 35.1. The molecule has 0 saturated carbocycles. The summed E-state index contributed by atoms with van der Waals surface area (Å²) in [4.78, 5) is 0. The fourth-order valence-corrected chi connectivity index (χ4v) is 6.69. The van der Waals surface area contributed by atoms with Gasteiger partial charge in [-0.2, -0.15) is 10.5 Å². The average molecular weight is 631 g/mol. The number of hydrogen-bond acceptors (Lipinski definition) is 3. The summed E-state index contributed by atoms with van der Waals surface area (Å²) in [7, 11) is 4.38. The van der Waals surface area contributed by atoms with Gasteiger partial charge in [0.05, 0.1) is 50.5 Å². The number of nitrogens with zero attached hydrogens (tertiary/aromatic N) is 3. The lowest BCUT2D eigenvalue weighted by atomic mass is 9.81. The highest BCUT2D eigenvalue weighted by Crippen LogP contribution is 2.46. The van der Waals surface area contributed by atoms with Crippen molar-refractivity contribution in [2.24, 2.45) is 5.92 Å². The highest BCUT2D eigenvalue weighted by Gasteiger charge is 2.42. The summed E-state index contributed by atoms with van der Waals surface area (Å²) in [6, 6.07) is 29.3.